The lowest BCUT2D eigenvalue weighted by Gasteiger charge is -2.08. The van der Waals surface area contributed by atoms with Gasteiger partial charge in [-0.2, -0.15) is 0 Å². The van der Waals surface area contributed by atoms with E-state index in [0.29, 0.717) is 0 Å². The summed E-state index contributed by atoms with van der Waals surface area (Å²) < 4.78 is 26.6. The third-order valence-corrected chi connectivity index (χ3v) is 2.56. The van der Waals surface area contributed by atoms with Crippen LogP contribution in [-0.2, 0) is 4.79 Å². The van der Waals surface area contributed by atoms with E-state index in [-0.39, 0.29) is 5.56 Å². The van der Waals surface area contributed by atoms with E-state index in [1.165, 1.54) is 24.5 Å². The average molecular weight is 291 g/mol. The van der Waals surface area contributed by atoms with Gasteiger partial charge in [0.1, 0.15) is 17.3 Å². The smallest absolute Gasteiger partial charge is 0.253 e. The van der Waals surface area contributed by atoms with Crippen LogP contribution in [0.1, 0.15) is 10.4 Å². The molecule has 0 aliphatic heterocycles. The second kappa shape index (κ2) is 6.56. The normalized spacial score (nSPS) is 10.0. The number of hydrogen-bond donors (Lipinski definition) is 2. The number of nitrogens with one attached hydrogen (secondary N) is 2. The van der Waals surface area contributed by atoms with Crippen molar-refractivity contribution in [1.82, 2.24) is 10.3 Å². The van der Waals surface area contributed by atoms with Crippen molar-refractivity contribution < 1.29 is 18.4 Å². The Labute approximate surface area is 119 Å². The largest absolute Gasteiger partial charge is 0.343 e. The van der Waals surface area contributed by atoms with E-state index < -0.39 is 35.7 Å². The lowest BCUT2D eigenvalue weighted by molar-refractivity contribution is -0.115. The first-order chi connectivity index (χ1) is 10.1. The van der Waals surface area contributed by atoms with E-state index >= 15 is 0 Å². The van der Waals surface area contributed by atoms with Crippen LogP contribution in [-0.4, -0.2) is 23.3 Å². The molecule has 1 aromatic heterocycles. The third kappa shape index (κ3) is 3.82. The Morgan fingerprint density at radius 3 is 2.43 bits per heavy atom. The average Bonchev–Trinajstić information content (AvgIpc) is 2.49. The zero-order valence-corrected chi connectivity index (χ0v) is 10.8. The number of pyridine rings is 1. The molecule has 2 amide bonds. The number of anilines is 1. The van der Waals surface area contributed by atoms with Crippen LogP contribution in [0, 0.1) is 11.6 Å². The van der Waals surface area contributed by atoms with Crippen LogP contribution in [0.4, 0.5) is 14.5 Å². The Balaban J connectivity index is 1.92. The maximum Gasteiger partial charge on any atom is 0.253 e. The number of amides is 2. The summed E-state index contributed by atoms with van der Waals surface area (Å²) in [6.07, 6.45) is 2.84. The fraction of sp³-hybridized carbons (Fsp3) is 0.0714. The van der Waals surface area contributed by atoms with Crippen molar-refractivity contribution in [3.05, 3.63) is 59.9 Å². The van der Waals surface area contributed by atoms with Gasteiger partial charge in [0.25, 0.3) is 5.91 Å². The van der Waals surface area contributed by atoms with Crippen molar-refractivity contribution in [2.24, 2.45) is 0 Å². The molecule has 0 saturated carbocycles. The molecular formula is C14H11F2N3O2. The summed E-state index contributed by atoms with van der Waals surface area (Å²) in [5.41, 5.74) is -0.263. The van der Waals surface area contributed by atoms with Gasteiger partial charge in [-0.3, -0.25) is 14.6 Å². The third-order valence-electron chi connectivity index (χ3n) is 2.56. The zero-order chi connectivity index (χ0) is 15.2. The van der Waals surface area contributed by atoms with Gasteiger partial charge in [-0.05, 0) is 24.3 Å². The highest BCUT2D eigenvalue weighted by molar-refractivity contribution is 5.99. The Kier molecular flexibility index (Phi) is 4.55. The lowest BCUT2D eigenvalue weighted by atomic mass is 10.2. The number of carbonyl (C=O) groups is 2. The van der Waals surface area contributed by atoms with Crippen LogP contribution < -0.4 is 10.6 Å². The number of rotatable bonds is 4. The highest BCUT2D eigenvalue weighted by atomic mass is 19.1. The molecular weight excluding hydrogens is 280 g/mol. The number of halogens is 2. The van der Waals surface area contributed by atoms with Crippen LogP contribution >= 0.6 is 0 Å². The molecule has 21 heavy (non-hydrogen) atoms. The molecule has 1 aromatic carbocycles. The maximum atomic E-state index is 13.3. The quantitative estimate of drug-likeness (QED) is 0.901. The van der Waals surface area contributed by atoms with Gasteiger partial charge >= 0.3 is 0 Å². The topological polar surface area (TPSA) is 71.1 Å². The number of hydrogen-bond acceptors (Lipinski definition) is 3. The standard InChI is InChI=1S/C14H11F2N3O2/c15-10-4-1-5-11(16)13(10)19-12(20)8-18-14(21)9-3-2-6-17-7-9/h1-7H,8H2,(H,18,21)(H,19,20). The van der Waals surface area contributed by atoms with Gasteiger partial charge in [0.05, 0.1) is 12.1 Å². The SMILES string of the molecule is O=C(CNC(=O)c1cccnc1)Nc1c(F)cccc1F. The molecule has 2 N–H and O–H groups in total. The number of aromatic nitrogens is 1. The predicted molar refractivity (Wildman–Crippen MR) is 71.6 cm³/mol. The number of para-hydroxylation sites is 1. The fourth-order valence-electron chi connectivity index (χ4n) is 1.56. The molecule has 2 aromatic rings. The van der Waals surface area contributed by atoms with Crippen LogP contribution in [0.2, 0.25) is 0 Å². The Hall–Kier alpha value is -2.83. The van der Waals surface area contributed by atoms with Gasteiger partial charge in [-0.15, -0.1) is 0 Å². The molecule has 0 bridgehead atoms. The molecule has 2 rings (SSSR count). The van der Waals surface area contributed by atoms with Crippen LogP contribution in [0.5, 0.6) is 0 Å². The molecule has 1 heterocycles. The molecule has 5 nitrogen and oxygen atoms in total. The molecule has 0 saturated heterocycles. The van der Waals surface area contributed by atoms with Crippen molar-refractivity contribution in [2.75, 3.05) is 11.9 Å². The van der Waals surface area contributed by atoms with Crippen molar-refractivity contribution in [3.8, 4) is 0 Å². The number of benzene rings is 1. The van der Waals surface area contributed by atoms with E-state index in [2.05, 4.69) is 15.6 Å². The molecule has 0 fully saturated rings. The van der Waals surface area contributed by atoms with Crippen molar-refractivity contribution >= 4 is 17.5 Å². The number of carbonyl (C=O) groups excluding carboxylic acids is 2. The van der Waals surface area contributed by atoms with Crippen molar-refractivity contribution in [2.45, 2.75) is 0 Å². The molecule has 0 atom stereocenters. The molecule has 108 valence electrons. The first-order valence-corrected chi connectivity index (χ1v) is 6.00. The van der Waals surface area contributed by atoms with Gasteiger partial charge in [-0.25, -0.2) is 8.78 Å². The summed E-state index contributed by atoms with van der Waals surface area (Å²) in [7, 11) is 0. The van der Waals surface area contributed by atoms with Gasteiger partial charge in [0.15, 0.2) is 0 Å². The minimum absolute atomic E-state index is 0.280. The van der Waals surface area contributed by atoms with E-state index in [9.17, 15) is 18.4 Å². The van der Waals surface area contributed by atoms with Gasteiger partial charge < -0.3 is 10.6 Å². The Bertz CT molecular complexity index is 642. The van der Waals surface area contributed by atoms with Gasteiger partial charge in [-0.1, -0.05) is 6.07 Å². The molecule has 0 spiro atoms. The molecule has 0 unspecified atom stereocenters. The van der Waals surface area contributed by atoms with Crippen molar-refractivity contribution in [3.63, 3.8) is 0 Å². The van der Waals surface area contributed by atoms with Crippen LogP contribution in [0.15, 0.2) is 42.7 Å². The lowest BCUT2D eigenvalue weighted by Crippen LogP contribution is -2.33. The minimum atomic E-state index is -0.887. The second-order valence-corrected chi connectivity index (χ2v) is 4.07. The van der Waals surface area contributed by atoms with Crippen molar-refractivity contribution in [1.29, 1.82) is 0 Å². The maximum absolute atomic E-state index is 13.3. The van der Waals surface area contributed by atoms with Gasteiger partial charge in [0.2, 0.25) is 5.91 Å². The highest BCUT2D eigenvalue weighted by Crippen LogP contribution is 2.17. The summed E-state index contributed by atoms with van der Waals surface area (Å²) in [4.78, 5) is 27.0. The van der Waals surface area contributed by atoms with Gasteiger partial charge in [0, 0.05) is 12.4 Å². The molecule has 7 heteroatoms. The summed E-state index contributed by atoms with van der Waals surface area (Å²) in [5.74, 6) is -3.02. The molecule has 0 radical (unpaired) electrons. The summed E-state index contributed by atoms with van der Waals surface area (Å²) in [6.45, 7) is -0.415. The first kappa shape index (κ1) is 14.6. The van der Waals surface area contributed by atoms with Crippen LogP contribution in [0.3, 0.4) is 0 Å². The zero-order valence-electron chi connectivity index (χ0n) is 10.8. The van der Waals surface area contributed by atoms with E-state index in [1.54, 1.807) is 6.07 Å². The fourth-order valence-corrected chi connectivity index (χ4v) is 1.56. The van der Waals surface area contributed by atoms with E-state index in [1.807, 2.05) is 0 Å². The summed E-state index contributed by atoms with van der Waals surface area (Å²) in [6, 6.07) is 6.32. The monoisotopic (exact) mass is 291 g/mol. The molecule has 0 aliphatic rings. The molecule has 0 aliphatic carbocycles. The Morgan fingerprint density at radius 1 is 1.10 bits per heavy atom. The highest BCUT2D eigenvalue weighted by Gasteiger charge is 2.13. The Morgan fingerprint density at radius 2 is 1.81 bits per heavy atom. The van der Waals surface area contributed by atoms with E-state index in [0.717, 1.165) is 12.1 Å². The number of nitrogens with zero attached hydrogens (tertiary/aromatic N) is 1. The van der Waals surface area contributed by atoms with Crippen LogP contribution in [0.25, 0.3) is 0 Å². The second-order valence-electron chi connectivity index (χ2n) is 4.07. The predicted octanol–water partition coefficient (Wildman–Crippen LogP) is 1.73. The van der Waals surface area contributed by atoms with E-state index in [4.69, 9.17) is 0 Å². The first-order valence-electron chi connectivity index (χ1n) is 6.00. The summed E-state index contributed by atoms with van der Waals surface area (Å²) in [5, 5.41) is 4.39. The summed E-state index contributed by atoms with van der Waals surface area (Å²) >= 11 is 0. The minimum Gasteiger partial charge on any atom is -0.343 e.